The largest absolute Gasteiger partial charge is 0.481 e. The molecule has 2 N–H and O–H groups in total. The van der Waals surface area contributed by atoms with Gasteiger partial charge in [-0.2, -0.15) is 0 Å². The van der Waals surface area contributed by atoms with Crippen LogP contribution in [0.1, 0.15) is 57.8 Å². The Labute approximate surface area is 130 Å². The van der Waals surface area contributed by atoms with Crippen molar-refractivity contribution in [3.8, 4) is 0 Å². The first-order valence-corrected chi connectivity index (χ1v) is 8.20. The number of epoxide rings is 2. The van der Waals surface area contributed by atoms with E-state index in [0.717, 1.165) is 25.7 Å². The van der Waals surface area contributed by atoms with Gasteiger partial charge in [0.1, 0.15) is 0 Å². The minimum Gasteiger partial charge on any atom is -0.481 e. The van der Waals surface area contributed by atoms with Crippen LogP contribution in [-0.4, -0.2) is 47.6 Å². The van der Waals surface area contributed by atoms with Crippen LogP contribution in [0, 0.1) is 5.41 Å². The fourth-order valence-electron chi connectivity index (χ4n) is 3.08. The number of carbonyl (C=O) groups is 2. The number of unbranched alkanes of at least 4 members (excludes halogenated alkanes) is 4. The van der Waals surface area contributed by atoms with Crippen molar-refractivity contribution in [1.29, 1.82) is 0 Å². The normalized spacial score (nSPS) is 25.5. The number of ether oxygens (including phenoxy) is 2. The van der Waals surface area contributed by atoms with Gasteiger partial charge < -0.3 is 19.7 Å². The summed E-state index contributed by atoms with van der Waals surface area (Å²) in [6.07, 6.45) is 6.61. The maximum Gasteiger partial charge on any atom is 0.309 e. The lowest BCUT2D eigenvalue weighted by atomic mass is 9.75. The predicted octanol–water partition coefficient (Wildman–Crippen LogP) is 2.45. The zero-order valence-corrected chi connectivity index (χ0v) is 13.0. The van der Waals surface area contributed by atoms with E-state index in [9.17, 15) is 14.7 Å². The summed E-state index contributed by atoms with van der Waals surface area (Å²) in [7, 11) is 0. The highest BCUT2D eigenvalue weighted by molar-refractivity contribution is 5.74. The second-order valence-electron chi connectivity index (χ2n) is 6.57. The van der Waals surface area contributed by atoms with Gasteiger partial charge in [-0.15, -0.1) is 0 Å². The Morgan fingerprint density at radius 3 is 1.86 bits per heavy atom. The van der Waals surface area contributed by atoms with Gasteiger partial charge in [-0.3, -0.25) is 9.59 Å². The first kappa shape index (κ1) is 17.2. The third-order valence-electron chi connectivity index (χ3n) is 4.54. The van der Waals surface area contributed by atoms with Crippen LogP contribution in [0.3, 0.4) is 0 Å². The van der Waals surface area contributed by atoms with E-state index in [-0.39, 0.29) is 18.6 Å². The molecule has 6 heteroatoms. The average Bonchev–Trinajstić information content (AvgIpc) is 3.33. The molecule has 2 aliphatic rings. The Hall–Kier alpha value is -1.14. The SMILES string of the molecule is O=C(O)CCCCCCCC(CC1CO1)(CC1CO1)C(=O)O. The average molecular weight is 314 g/mol. The molecule has 0 aromatic heterocycles. The third-order valence-corrected chi connectivity index (χ3v) is 4.54. The van der Waals surface area contributed by atoms with Gasteiger partial charge in [-0.05, 0) is 25.7 Å². The van der Waals surface area contributed by atoms with E-state index in [0.29, 0.717) is 38.9 Å². The molecule has 0 aromatic carbocycles. The van der Waals surface area contributed by atoms with Gasteiger partial charge in [0.15, 0.2) is 0 Å². The van der Waals surface area contributed by atoms with E-state index in [1.165, 1.54) is 0 Å². The highest BCUT2D eigenvalue weighted by atomic mass is 16.6. The first-order chi connectivity index (χ1) is 10.5. The number of hydrogen-bond acceptors (Lipinski definition) is 4. The molecule has 2 unspecified atom stereocenters. The molecule has 2 saturated heterocycles. The maximum absolute atomic E-state index is 11.8. The molecule has 0 bridgehead atoms. The van der Waals surface area contributed by atoms with Gasteiger partial charge in [0.2, 0.25) is 0 Å². The van der Waals surface area contributed by atoms with Crippen molar-refractivity contribution in [3.05, 3.63) is 0 Å². The molecule has 126 valence electrons. The molecular weight excluding hydrogens is 288 g/mol. The smallest absolute Gasteiger partial charge is 0.309 e. The van der Waals surface area contributed by atoms with Crippen LogP contribution in [-0.2, 0) is 19.1 Å². The number of hydrogen-bond donors (Lipinski definition) is 2. The molecule has 22 heavy (non-hydrogen) atoms. The molecule has 0 amide bonds. The molecule has 6 nitrogen and oxygen atoms in total. The fourth-order valence-corrected chi connectivity index (χ4v) is 3.08. The molecule has 2 rings (SSSR count). The molecule has 2 heterocycles. The lowest BCUT2D eigenvalue weighted by Crippen LogP contribution is -2.34. The molecule has 0 saturated carbocycles. The number of carboxylic acids is 2. The van der Waals surface area contributed by atoms with Crippen LogP contribution in [0.4, 0.5) is 0 Å². The summed E-state index contributed by atoms with van der Waals surface area (Å²) < 4.78 is 10.5. The van der Waals surface area contributed by atoms with E-state index in [2.05, 4.69) is 0 Å². The number of aliphatic carboxylic acids is 2. The van der Waals surface area contributed by atoms with Crippen molar-refractivity contribution in [2.45, 2.75) is 70.0 Å². The summed E-state index contributed by atoms with van der Waals surface area (Å²) in [5.41, 5.74) is -0.719. The highest BCUT2D eigenvalue weighted by Crippen LogP contribution is 2.42. The van der Waals surface area contributed by atoms with Crippen molar-refractivity contribution < 1.29 is 29.3 Å². The second kappa shape index (κ2) is 7.92. The molecule has 0 aromatic rings. The lowest BCUT2D eigenvalue weighted by molar-refractivity contribution is -0.151. The molecule has 2 atom stereocenters. The summed E-state index contributed by atoms with van der Waals surface area (Å²) in [6, 6.07) is 0. The van der Waals surface area contributed by atoms with Crippen molar-refractivity contribution >= 4 is 11.9 Å². The standard InChI is InChI=1S/C16H26O6/c17-14(18)6-4-2-1-3-5-7-16(15(19)20,8-12-10-21-12)9-13-11-22-13/h12-13H,1-11H2,(H,17,18)(H,19,20). The number of rotatable bonds is 13. The Balaban J connectivity index is 1.71. The van der Waals surface area contributed by atoms with Crippen LogP contribution in [0.15, 0.2) is 0 Å². The Kier molecular flexibility index (Phi) is 6.20. The first-order valence-electron chi connectivity index (χ1n) is 8.20. The minimum atomic E-state index is -0.751. The fraction of sp³-hybridized carbons (Fsp3) is 0.875. The van der Waals surface area contributed by atoms with Gasteiger partial charge >= 0.3 is 11.9 Å². The van der Waals surface area contributed by atoms with Gasteiger partial charge in [0, 0.05) is 6.42 Å². The lowest BCUT2D eigenvalue weighted by Gasteiger charge is -2.28. The van der Waals surface area contributed by atoms with Crippen LogP contribution in [0.2, 0.25) is 0 Å². The van der Waals surface area contributed by atoms with E-state index in [4.69, 9.17) is 14.6 Å². The van der Waals surface area contributed by atoms with E-state index < -0.39 is 17.4 Å². The zero-order chi connectivity index (χ0) is 16.0. The highest BCUT2D eigenvalue weighted by Gasteiger charge is 2.47. The van der Waals surface area contributed by atoms with E-state index >= 15 is 0 Å². The Bertz CT molecular complexity index is 372. The molecule has 2 aliphatic heterocycles. The Morgan fingerprint density at radius 1 is 0.909 bits per heavy atom. The summed E-state index contributed by atoms with van der Waals surface area (Å²) in [5, 5.41) is 18.3. The third kappa shape index (κ3) is 5.93. The summed E-state index contributed by atoms with van der Waals surface area (Å²) in [5.74, 6) is -1.48. The van der Waals surface area contributed by atoms with Crippen molar-refractivity contribution in [1.82, 2.24) is 0 Å². The van der Waals surface area contributed by atoms with Gasteiger partial charge in [0.05, 0.1) is 30.8 Å². The van der Waals surface area contributed by atoms with Crippen LogP contribution < -0.4 is 0 Å². The van der Waals surface area contributed by atoms with Crippen LogP contribution in [0.25, 0.3) is 0 Å². The molecule has 0 radical (unpaired) electrons. The molecular formula is C16H26O6. The van der Waals surface area contributed by atoms with Crippen molar-refractivity contribution in [2.75, 3.05) is 13.2 Å². The van der Waals surface area contributed by atoms with Crippen LogP contribution >= 0.6 is 0 Å². The van der Waals surface area contributed by atoms with Gasteiger partial charge in [0.25, 0.3) is 0 Å². The van der Waals surface area contributed by atoms with Gasteiger partial charge in [-0.25, -0.2) is 0 Å². The topological polar surface area (TPSA) is 99.7 Å². The summed E-state index contributed by atoms with van der Waals surface area (Å²) >= 11 is 0. The predicted molar refractivity (Wildman–Crippen MR) is 78.7 cm³/mol. The zero-order valence-electron chi connectivity index (χ0n) is 13.0. The van der Waals surface area contributed by atoms with Crippen molar-refractivity contribution in [3.63, 3.8) is 0 Å². The maximum atomic E-state index is 11.8. The van der Waals surface area contributed by atoms with Crippen molar-refractivity contribution in [2.24, 2.45) is 5.41 Å². The summed E-state index contributed by atoms with van der Waals surface area (Å²) in [4.78, 5) is 22.2. The summed E-state index contributed by atoms with van der Waals surface area (Å²) in [6.45, 7) is 1.35. The van der Waals surface area contributed by atoms with Crippen LogP contribution in [0.5, 0.6) is 0 Å². The Morgan fingerprint density at radius 2 is 1.41 bits per heavy atom. The monoisotopic (exact) mass is 314 g/mol. The quantitative estimate of drug-likeness (QED) is 0.400. The minimum absolute atomic E-state index is 0.102. The molecule has 0 spiro atoms. The van der Waals surface area contributed by atoms with E-state index in [1.54, 1.807) is 0 Å². The second-order valence-corrected chi connectivity index (χ2v) is 6.57. The number of carboxylic acid groups (broad SMARTS) is 2. The molecule has 0 aliphatic carbocycles. The van der Waals surface area contributed by atoms with Gasteiger partial charge in [-0.1, -0.05) is 25.7 Å². The molecule has 2 fully saturated rings. The van der Waals surface area contributed by atoms with E-state index in [1.807, 2.05) is 0 Å².